The van der Waals surface area contributed by atoms with Crippen LogP contribution in [-0.4, -0.2) is 137 Å². The van der Waals surface area contributed by atoms with Crippen LogP contribution in [0.4, 0.5) is 24.5 Å². The number of hydrogen-bond donors (Lipinski definition) is 1. The molecular weight excluding hydrogens is 691 g/mol. The van der Waals surface area contributed by atoms with Crippen LogP contribution in [0.3, 0.4) is 0 Å². The fraction of sp³-hybridized carbons (Fsp3) is 0.618. The molecule has 0 aliphatic carbocycles. The third-order valence-corrected chi connectivity index (χ3v) is 6.43. The van der Waals surface area contributed by atoms with E-state index in [1.165, 1.54) is 18.2 Å². The number of alkyl halides is 4. The van der Waals surface area contributed by atoms with E-state index in [1.807, 2.05) is 0 Å². The number of nitrogens with one attached hydrogen (secondary N) is 1. The predicted molar refractivity (Wildman–Crippen MR) is 180 cm³/mol. The number of carbonyl (C=O) groups excluding carboxylic acids is 1. The second-order valence-corrected chi connectivity index (χ2v) is 10.5. The molecule has 1 N–H and O–H groups in total. The van der Waals surface area contributed by atoms with E-state index in [4.69, 9.17) is 59.0 Å². The van der Waals surface area contributed by atoms with Crippen LogP contribution >= 0.6 is 11.6 Å². The van der Waals surface area contributed by atoms with Gasteiger partial charge in [0, 0.05) is 11.6 Å². The van der Waals surface area contributed by atoms with Crippen molar-refractivity contribution in [1.82, 2.24) is 0 Å². The monoisotopic (exact) mass is 739 g/mol. The summed E-state index contributed by atoms with van der Waals surface area (Å²) >= 11 is 5.51. The second-order valence-electron chi connectivity index (χ2n) is 10.1. The first-order valence-electron chi connectivity index (χ1n) is 16.4. The summed E-state index contributed by atoms with van der Waals surface area (Å²) in [4.78, 5) is 12.6. The zero-order valence-electron chi connectivity index (χ0n) is 28.3. The normalized spacial score (nSPS) is 11.6. The van der Waals surface area contributed by atoms with Gasteiger partial charge in [-0.05, 0) is 30.3 Å². The molecule has 0 spiro atoms. The topological polar surface area (TPSA) is 121 Å². The van der Waals surface area contributed by atoms with E-state index in [2.05, 4.69) is 5.32 Å². The SMILES string of the molecule is O=C(OCCOCCOCCOCCOCCOCCOCCOCCOCCOCCCl)c1ccccc1Nc1cccc(C(F)(F)F)c1. The molecule has 284 valence electrons. The third-order valence-electron chi connectivity index (χ3n) is 6.27. The van der Waals surface area contributed by atoms with Crippen LogP contribution < -0.4 is 5.32 Å². The molecule has 0 heterocycles. The van der Waals surface area contributed by atoms with Gasteiger partial charge in [-0.1, -0.05) is 18.2 Å². The zero-order valence-corrected chi connectivity index (χ0v) is 29.0. The van der Waals surface area contributed by atoms with Gasteiger partial charge in [0.15, 0.2) is 0 Å². The summed E-state index contributed by atoms with van der Waals surface area (Å²) in [6.07, 6.45) is -4.48. The van der Waals surface area contributed by atoms with E-state index < -0.39 is 17.7 Å². The smallest absolute Gasteiger partial charge is 0.416 e. The summed E-state index contributed by atoms with van der Waals surface area (Å²) in [6.45, 7) is 7.88. The van der Waals surface area contributed by atoms with Gasteiger partial charge < -0.3 is 52.7 Å². The molecule has 50 heavy (non-hydrogen) atoms. The molecule has 0 aromatic heterocycles. The number of halogens is 4. The standard InChI is InChI=1S/C34H49ClF3NO11/c35-8-9-41-10-11-42-12-13-43-14-15-44-16-17-45-18-19-46-20-21-47-22-23-48-24-25-49-26-27-50-33(40)31-6-1-2-7-32(31)39-30-5-3-4-29(28-30)34(36,37)38/h1-7,28,39H,8-27H2. The van der Waals surface area contributed by atoms with Crippen molar-refractivity contribution in [3.63, 3.8) is 0 Å². The van der Waals surface area contributed by atoms with E-state index >= 15 is 0 Å². The average Bonchev–Trinajstić information content (AvgIpc) is 3.11. The van der Waals surface area contributed by atoms with Crippen molar-refractivity contribution in [2.75, 3.05) is 137 Å². The summed E-state index contributed by atoms with van der Waals surface area (Å²) in [5.41, 5.74) is -0.0905. The molecule has 0 saturated carbocycles. The van der Waals surface area contributed by atoms with Gasteiger partial charge in [0.1, 0.15) is 6.61 Å². The number of para-hydroxylation sites is 1. The molecule has 0 aliphatic heterocycles. The van der Waals surface area contributed by atoms with Crippen LogP contribution in [0.1, 0.15) is 15.9 Å². The van der Waals surface area contributed by atoms with Crippen LogP contribution in [0, 0.1) is 0 Å². The van der Waals surface area contributed by atoms with Gasteiger partial charge >= 0.3 is 12.1 Å². The van der Waals surface area contributed by atoms with Gasteiger partial charge in [-0.2, -0.15) is 13.2 Å². The molecule has 0 amide bonds. The Kier molecular flexibility index (Phi) is 25.3. The van der Waals surface area contributed by atoms with Crippen LogP contribution in [0.5, 0.6) is 0 Å². The van der Waals surface area contributed by atoms with Crippen molar-refractivity contribution < 1.29 is 65.3 Å². The highest BCUT2D eigenvalue weighted by molar-refractivity contribution is 6.17. The Balaban J connectivity index is 1.33. The number of ether oxygens (including phenoxy) is 10. The molecular formula is C34H49ClF3NO11. The first-order chi connectivity index (χ1) is 24.4. The van der Waals surface area contributed by atoms with Crippen molar-refractivity contribution in [2.24, 2.45) is 0 Å². The highest BCUT2D eigenvalue weighted by Crippen LogP contribution is 2.32. The molecule has 2 rings (SSSR count). The number of hydrogen-bond acceptors (Lipinski definition) is 12. The van der Waals surface area contributed by atoms with E-state index in [1.54, 1.807) is 18.2 Å². The Labute approximate surface area is 296 Å². The van der Waals surface area contributed by atoms with Gasteiger partial charge in [0.25, 0.3) is 0 Å². The Morgan fingerprint density at radius 3 is 1.36 bits per heavy atom. The fourth-order valence-electron chi connectivity index (χ4n) is 3.89. The molecule has 0 bridgehead atoms. The number of carbonyl (C=O) groups is 1. The Morgan fingerprint density at radius 1 is 0.540 bits per heavy atom. The highest BCUT2D eigenvalue weighted by atomic mass is 35.5. The van der Waals surface area contributed by atoms with Crippen LogP contribution in [0.15, 0.2) is 48.5 Å². The molecule has 2 aromatic rings. The molecule has 12 nitrogen and oxygen atoms in total. The maximum atomic E-state index is 13.0. The Morgan fingerprint density at radius 2 is 0.940 bits per heavy atom. The number of benzene rings is 2. The van der Waals surface area contributed by atoms with Gasteiger partial charge in [0.2, 0.25) is 0 Å². The third kappa shape index (κ3) is 22.3. The summed E-state index contributed by atoms with van der Waals surface area (Å²) in [5, 5.41) is 2.86. The second kappa shape index (κ2) is 29.1. The van der Waals surface area contributed by atoms with E-state index in [0.29, 0.717) is 124 Å². The predicted octanol–water partition coefficient (Wildman–Crippen LogP) is 4.99. The van der Waals surface area contributed by atoms with Crippen LogP contribution in [0.25, 0.3) is 0 Å². The highest BCUT2D eigenvalue weighted by Gasteiger charge is 2.30. The lowest BCUT2D eigenvalue weighted by molar-refractivity contribution is -0.137. The molecule has 2 aromatic carbocycles. The van der Waals surface area contributed by atoms with E-state index in [0.717, 1.165) is 12.1 Å². The summed E-state index contributed by atoms with van der Waals surface area (Å²) < 4.78 is 93.0. The largest absolute Gasteiger partial charge is 0.460 e. The Hall–Kier alpha value is -2.57. The lowest BCUT2D eigenvalue weighted by atomic mass is 10.1. The van der Waals surface area contributed by atoms with Crippen LogP contribution in [0.2, 0.25) is 0 Å². The summed E-state index contributed by atoms with van der Waals surface area (Å²) in [5.74, 6) is -0.149. The van der Waals surface area contributed by atoms with Crippen molar-refractivity contribution in [3.05, 3.63) is 59.7 Å². The van der Waals surface area contributed by atoms with Gasteiger partial charge in [0.05, 0.1) is 136 Å². The van der Waals surface area contributed by atoms with Crippen molar-refractivity contribution >= 4 is 28.9 Å². The minimum atomic E-state index is -4.48. The number of anilines is 2. The fourth-order valence-corrected chi connectivity index (χ4v) is 3.99. The molecule has 0 radical (unpaired) electrons. The maximum absolute atomic E-state index is 13.0. The van der Waals surface area contributed by atoms with E-state index in [9.17, 15) is 18.0 Å². The molecule has 0 saturated heterocycles. The molecule has 0 atom stereocenters. The number of rotatable bonds is 32. The number of esters is 1. The van der Waals surface area contributed by atoms with Crippen LogP contribution in [-0.2, 0) is 53.5 Å². The molecule has 16 heteroatoms. The minimum Gasteiger partial charge on any atom is -0.460 e. The molecule has 0 unspecified atom stereocenters. The lowest BCUT2D eigenvalue weighted by Gasteiger charge is -2.13. The molecule has 0 fully saturated rings. The average molecular weight is 740 g/mol. The van der Waals surface area contributed by atoms with Gasteiger partial charge in [-0.25, -0.2) is 4.79 Å². The quantitative estimate of drug-likeness (QED) is 0.0618. The minimum absolute atomic E-state index is 0.00110. The van der Waals surface area contributed by atoms with E-state index in [-0.39, 0.29) is 24.5 Å². The Bertz CT molecular complexity index is 1130. The van der Waals surface area contributed by atoms with Gasteiger partial charge in [-0.15, -0.1) is 11.6 Å². The summed E-state index contributed by atoms with van der Waals surface area (Å²) in [7, 11) is 0. The van der Waals surface area contributed by atoms with Gasteiger partial charge in [-0.3, -0.25) is 0 Å². The zero-order chi connectivity index (χ0) is 36.0. The lowest BCUT2D eigenvalue weighted by Crippen LogP contribution is -2.16. The maximum Gasteiger partial charge on any atom is 0.416 e. The molecule has 0 aliphatic rings. The van der Waals surface area contributed by atoms with Crippen molar-refractivity contribution in [3.8, 4) is 0 Å². The van der Waals surface area contributed by atoms with Crippen molar-refractivity contribution in [2.45, 2.75) is 6.18 Å². The summed E-state index contributed by atoms with van der Waals surface area (Å²) in [6, 6.07) is 11.1. The van der Waals surface area contributed by atoms with Crippen molar-refractivity contribution in [1.29, 1.82) is 0 Å². The first-order valence-corrected chi connectivity index (χ1v) is 16.9. The first kappa shape index (κ1) is 43.6.